The Bertz CT molecular complexity index is 278. The number of carbonyl (C=O) groups is 1. The number of ether oxygens (including phenoxy) is 1. The average Bonchev–Trinajstić information content (AvgIpc) is 2.27. The van der Waals surface area contributed by atoms with Gasteiger partial charge in [-0.05, 0) is 24.8 Å². The fourth-order valence-electron chi connectivity index (χ4n) is 1.45. The van der Waals surface area contributed by atoms with E-state index < -0.39 is 0 Å². The zero-order chi connectivity index (χ0) is 13.1. The van der Waals surface area contributed by atoms with Crippen LogP contribution in [0.1, 0.15) is 32.8 Å². The standard InChI is InChI=1S/C8H8O2.C6H15N/c9-7-10-6-8-4-2-1-3-5-8;1-5(2)4-6(3)7/h1-5,7H,6H2;5-6H,4,7H2,1-3H3/t;6-/m.1/s1. The molecule has 0 fully saturated rings. The van der Waals surface area contributed by atoms with E-state index in [1.807, 2.05) is 37.3 Å². The molecule has 1 aromatic rings. The van der Waals surface area contributed by atoms with Crippen LogP contribution in [0.3, 0.4) is 0 Å². The fourth-order valence-corrected chi connectivity index (χ4v) is 1.45. The van der Waals surface area contributed by atoms with Gasteiger partial charge in [-0.2, -0.15) is 0 Å². The van der Waals surface area contributed by atoms with Crippen LogP contribution in [0.15, 0.2) is 30.3 Å². The summed E-state index contributed by atoms with van der Waals surface area (Å²) in [5, 5.41) is 0. The van der Waals surface area contributed by atoms with Gasteiger partial charge in [0, 0.05) is 6.04 Å². The molecule has 0 aliphatic heterocycles. The monoisotopic (exact) mass is 237 g/mol. The van der Waals surface area contributed by atoms with Crippen molar-refractivity contribution in [1.82, 2.24) is 0 Å². The van der Waals surface area contributed by atoms with Crippen molar-refractivity contribution in [3.63, 3.8) is 0 Å². The molecule has 0 amide bonds. The lowest BCUT2D eigenvalue weighted by atomic mass is 10.1. The second kappa shape index (κ2) is 9.85. The number of rotatable bonds is 5. The Balaban J connectivity index is 0.000000325. The molecule has 0 aliphatic rings. The summed E-state index contributed by atoms with van der Waals surface area (Å²) < 4.78 is 4.54. The zero-order valence-corrected chi connectivity index (χ0v) is 10.9. The molecule has 0 saturated heterocycles. The topological polar surface area (TPSA) is 52.3 Å². The summed E-state index contributed by atoms with van der Waals surface area (Å²) in [5.41, 5.74) is 6.50. The third kappa shape index (κ3) is 10.9. The highest BCUT2D eigenvalue weighted by molar-refractivity contribution is 5.37. The van der Waals surface area contributed by atoms with Crippen LogP contribution in [0.4, 0.5) is 0 Å². The lowest BCUT2D eigenvalue weighted by Crippen LogP contribution is -2.16. The van der Waals surface area contributed by atoms with Gasteiger partial charge in [0.25, 0.3) is 6.47 Å². The minimum Gasteiger partial charge on any atom is -0.463 e. The molecule has 0 bridgehead atoms. The summed E-state index contributed by atoms with van der Waals surface area (Å²) in [5.74, 6) is 0.750. The number of carbonyl (C=O) groups excluding carboxylic acids is 1. The van der Waals surface area contributed by atoms with Crippen molar-refractivity contribution in [1.29, 1.82) is 0 Å². The first kappa shape index (κ1) is 15.7. The van der Waals surface area contributed by atoms with Gasteiger partial charge in [-0.1, -0.05) is 44.2 Å². The number of benzene rings is 1. The molecule has 0 spiro atoms. The predicted molar refractivity (Wildman–Crippen MR) is 70.4 cm³/mol. The summed E-state index contributed by atoms with van der Waals surface area (Å²) in [6, 6.07) is 9.92. The SMILES string of the molecule is CC(C)C[C@@H](C)N.O=COCc1ccccc1. The first-order valence-corrected chi connectivity index (χ1v) is 5.91. The van der Waals surface area contributed by atoms with E-state index in [9.17, 15) is 4.79 Å². The Hall–Kier alpha value is -1.35. The molecule has 96 valence electrons. The van der Waals surface area contributed by atoms with E-state index in [4.69, 9.17) is 5.73 Å². The summed E-state index contributed by atoms with van der Waals surface area (Å²) in [6.07, 6.45) is 1.14. The Labute approximate surface area is 104 Å². The van der Waals surface area contributed by atoms with Gasteiger partial charge in [0.15, 0.2) is 0 Å². The van der Waals surface area contributed by atoms with E-state index >= 15 is 0 Å². The molecule has 3 heteroatoms. The molecule has 1 rings (SSSR count). The van der Waals surface area contributed by atoms with Gasteiger partial charge < -0.3 is 10.5 Å². The third-order valence-electron chi connectivity index (χ3n) is 2.00. The van der Waals surface area contributed by atoms with E-state index in [2.05, 4.69) is 18.6 Å². The lowest BCUT2D eigenvalue weighted by molar-refractivity contribution is -0.129. The second-order valence-electron chi connectivity index (χ2n) is 4.50. The molecular weight excluding hydrogens is 214 g/mol. The first-order chi connectivity index (χ1) is 8.06. The largest absolute Gasteiger partial charge is 0.463 e. The Morgan fingerprint density at radius 1 is 1.24 bits per heavy atom. The molecular formula is C14H23NO2. The van der Waals surface area contributed by atoms with Crippen LogP contribution >= 0.6 is 0 Å². The summed E-state index contributed by atoms with van der Waals surface area (Å²) in [7, 11) is 0. The van der Waals surface area contributed by atoms with E-state index in [0.29, 0.717) is 19.1 Å². The van der Waals surface area contributed by atoms with E-state index in [1.165, 1.54) is 0 Å². The highest BCUT2D eigenvalue weighted by Crippen LogP contribution is 2.00. The number of hydrogen-bond donors (Lipinski definition) is 1. The van der Waals surface area contributed by atoms with Gasteiger partial charge >= 0.3 is 0 Å². The minimum atomic E-state index is 0.365. The lowest BCUT2D eigenvalue weighted by Gasteiger charge is -2.05. The Morgan fingerprint density at radius 2 is 1.82 bits per heavy atom. The normalized spacial score (nSPS) is 11.4. The maximum absolute atomic E-state index is 9.76. The smallest absolute Gasteiger partial charge is 0.293 e. The molecule has 1 aromatic carbocycles. The number of nitrogens with two attached hydrogens (primary N) is 1. The molecule has 0 unspecified atom stereocenters. The maximum atomic E-state index is 9.76. The van der Waals surface area contributed by atoms with Crippen LogP contribution in [0.2, 0.25) is 0 Å². The average molecular weight is 237 g/mol. The van der Waals surface area contributed by atoms with Crippen molar-refractivity contribution in [3.05, 3.63) is 35.9 Å². The maximum Gasteiger partial charge on any atom is 0.293 e. The summed E-state index contributed by atoms with van der Waals surface area (Å²) in [6.45, 7) is 7.23. The highest BCUT2D eigenvalue weighted by Gasteiger charge is 1.95. The second-order valence-corrected chi connectivity index (χ2v) is 4.50. The van der Waals surface area contributed by atoms with Crippen molar-refractivity contribution in [3.8, 4) is 0 Å². The first-order valence-electron chi connectivity index (χ1n) is 5.91. The van der Waals surface area contributed by atoms with Crippen molar-refractivity contribution in [2.75, 3.05) is 0 Å². The van der Waals surface area contributed by atoms with Crippen molar-refractivity contribution < 1.29 is 9.53 Å². The van der Waals surface area contributed by atoms with Crippen molar-refractivity contribution in [2.45, 2.75) is 39.8 Å². The van der Waals surface area contributed by atoms with Gasteiger partial charge in [0.1, 0.15) is 6.61 Å². The van der Waals surface area contributed by atoms with Crippen molar-refractivity contribution in [2.24, 2.45) is 11.7 Å². The van der Waals surface area contributed by atoms with E-state index in [1.54, 1.807) is 0 Å². The quantitative estimate of drug-likeness (QED) is 0.801. The molecule has 3 nitrogen and oxygen atoms in total. The molecule has 1 atom stereocenters. The van der Waals surface area contributed by atoms with Crippen molar-refractivity contribution >= 4 is 6.47 Å². The molecule has 0 heterocycles. The van der Waals surface area contributed by atoms with Gasteiger partial charge in [-0.3, -0.25) is 4.79 Å². The van der Waals surface area contributed by atoms with Gasteiger partial charge in [-0.15, -0.1) is 0 Å². The Kier molecular flexibility index (Phi) is 9.06. The molecule has 0 aliphatic carbocycles. The van der Waals surface area contributed by atoms with E-state index in [0.717, 1.165) is 17.9 Å². The number of hydrogen-bond acceptors (Lipinski definition) is 3. The minimum absolute atomic E-state index is 0.365. The van der Waals surface area contributed by atoms with Crippen LogP contribution < -0.4 is 5.73 Å². The summed E-state index contributed by atoms with van der Waals surface area (Å²) in [4.78, 5) is 9.76. The van der Waals surface area contributed by atoms with Gasteiger partial charge in [0.05, 0.1) is 0 Å². The van der Waals surface area contributed by atoms with Gasteiger partial charge in [-0.25, -0.2) is 0 Å². The third-order valence-corrected chi connectivity index (χ3v) is 2.00. The molecule has 0 saturated carbocycles. The fraction of sp³-hybridized carbons (Fsp3) is 0.500. The Morgan fingerprint density at radius 3 is 2.18 bits per heavy atom. The molecule has 0 radical (unpaired) electrons. The highest BCUT2D eigenvalue weighted by atomic mass is 16.5. The zero-order valence-electron chi connectivity index (χ0n) is 10.9. The van der Waals surface area contributed by atoms with Crippen LogP contribution in [0, 0.1) is 5.92 Å². The van der Waals surface area contributed by atoms with E-state index in [-0.39, 0.29) is 0 Å². The summed E-state index contributed by atoms with van der Waals surface area (Å²) >= 11 is 0. The van der Waals surface area contributed by atoms with Crippen LogP contribution in [0.25, 0.3) is 0 Å². The van der Waals surface area contributed by atoms with Crippen LogP contribution in [-0.2, 0) is 16.1 Å². The molecule has 0 aromatic heterocycles. The molecule has 2 N–H and O–H groups in total. The predicted octanol–water partition coefficient (Wildman–Crippen LogP) is 2.74. The molecule has 17 heavy (non-hydrogen) atoms. The van der Waals surface area contributed by atoms with Gasteiger partial charge in [0.2, 0.25) is 0 Å². The van der Waals surface area contributed by atoms with Crippen LogP contribution in [-0.4, -0.2) is 12.5 Å². The van der Waals surface area contributed by atoms with Crippen LogP contribution in [0.5, 0.6) is 0 Å².